The van der Waals surface area contributed by atoms with Crippen molar-refractivity contribution in [2.24, 2.45) is 5.92 Å². The predicted molar refractivity (Wildman–Crippen MR) is 91.5 cm³/mol. The van der Waals surface area contributed by atoms with Crippen LogP contribution in [0.5, 0.6) is 0 Å². The van der Waals surface area contributed by atoms with E-state index in [1.54, 1.807) is 37.3 Å². The Balaban J connectivity index is 0.00000338. The molecule has 1 unspecified atom stereocenters. The molecule has 0 fully saturated rings. The minimum atomic E-state index is -4.40. The van der Waals surface area contributed by atoms with Gasteiger partial charge in [0.2, 0.25) is 0 Å². The maximum absolute atomic E-state index is 12.5. The van der Waals surface area contributed by atoms with Crippen molar-refractivity contribution in [2.45, 2.75) is 19.5 Å². The summed E-state index contributed by atoms with van der Waals surface area (Å²) in [6, 6.07) is 12.7. The van der Waals surface area contributed by atoms with Crippen molar-refractivity contribution in [3.63, 3.8) is 0 Å². The number of benzene rings is 2. The summed E-state index contributed by atoms with van der Waals surface area (Å²) in [6.07, 6.45) is -4.18. The van der Waals surface area contributed by atoms with Crippen LogP contribution < -0.4 is 5.48 Å². The van der Waals surface area contributed by atoms with E-state index in [0.717, 1.165) is 12.1 Å². The fourth-order valence-electron chi connectivity index (χ4n) is 2.11. The van der Waals surface area contributed by atoms with Gasteiger partial charge in [0.25, 0.3) is 5.91 Å². The summed E-state index contributed by atoms with van der Waals surface area (Å²) in [4.78, 5) is 28.4. The molecule has 0 aliphatic carbocycles. The summed E-state index contributed by atoms with van der Waals surface area (Å²) in [7, 11) is 0. The van der Waals surface area contributed by atoms with Gasteiger partial charge in [-0.1, -0.05) is 37.3 Å². The van der Waals surface area contributed by atoms with Gasteiger partial charge in [0, 0.05) is 5.92 Å². The van der Waals surface area contributed by atoms with Crippen LogP contribution >= 0.6 is 0 Å². The Morgan fingerprint density at radius 1 is 1.04 bits per heavy atom. The zero-order chi connectivity index (χ0) is 18.4. The van der Waals surface area contributed by atoms with Crippen LogP contribution in [-0.2, 0) is 22.2 Å². The normalized spacial score (nSPS) is 11.8. The number of halogens is 3. The molecule has 1 atom stereocenters. The number of amides is 1. The van der Waals surface area contributed by atoms with E-state index in [2.05, 4.69) is 5.48 Å². The average molecular weight is 359 g/mol. The molecular weight excluding hydrogens is 342 g/mol. The molecule has 26 heavy (non-hydrogen) atoms. The first-order valence-electron chi connectivity index (χ1n) is 7.49. The van der Waals surface area contributed by atoms with Gasteiger partial charge in [-0.2, -0.15) is 18.7 Å². The Hall–Kier alpha value is -2.23. The van der Waals surface area contributed by atoms with Crippen molar-refractivity contribution in [3.05, 3.63) is 71.3 Å². The summed E-state index contributed by atoms with van der Waals surface area (Å²) in [5.41, 5.74) is 2.19. The van der Waals surface area contributed by atoms with Gasteiger partial charge in [0.15, 0.2) is 0 Å². The zero-order valence-corrected chi connectivity index (χ0v) is 13.3. The van der Waals surface area contributed by atoms with E-state index in [-0.39, 0.29) is 30.8 Å². The predicted octanol–water partition coefficient (Wildman–Crippen LogP) is 3.12. The Labute approximate surface area is 160 Å². The molecule has 0 spiro atoms. The maximum atomic E-state index is 12.5. The van der Waals surface area contributed by atoms with Crippen molar-refractivity contribution < 1.29 is 27.6 Å². The van der Waals surface area contributed by atoms with Crippen molar-refractivity contribution in [1.29, 1.82) is 0 Å². The molecule has 0 heterocycles. The van der Waals surface area contributed by atoms with Gasteiger partial charge in [0.05, 0.1) is 11.1 Å². The Kier molecular flexibility index (Phi) is 7.94. The molecule has 2 rings (SSSR count). The van der Waals surface area contributed by atoms with E-state index < -0.39 is 29.5 Å². The van der Waals surface area contributed by atoms with E-state index in [9.17, 15) is 22.8 Å². The number of rotatable bonds is 4. The van der Waals surface area contributed by atoms with Gasteiger partial charge in [-0.05, 0) is 36.2 Å². The molecular formula is C18H17F3LiNO3. The second-order valence-electron chi connectivity index (χ2n) is 5.52. The Morgan fingerprint density at radius 3 is 2.15 bits per heavy atom. The van der Waals surface area contributed by atoms with Crippen LogP contribution in [0.3, 0.4) is 0 Å². The SMILES string of the molecule is CC(Cc1ccc(C(F)(F)F)cc1)C(=O)NOC(=O)c1ccccc1.[LiH]. The molecule has 1 amide bonds. The summed E-state index contributed by atoms with van der Waals surface area (Å²) in [6.45, 7) is 1.59. The molecule has 0 saturated heterocycles. The van der Waals surface area contributed by atoms with Gasteiger partial charge >= 0.3 is 31.0 Å². The summed E-state index contributed by atoms with van der Waals surface area (Å²) in [5.74, 6) is -1.82. The first-order chi connectivity index (χ1) is 11.8. The van der Waals surface area contributed by atoms with Crippen LogP contribution in [0, 0.1) is 5.92 Å². The molecule has 0 aliphatic rings. The zero-order valence-electron chi connectivity index (χ0n) is 13.3. The molecule has 2 aromatic carbocycles. The van der Waals surface area contributed by atoms with Gasteiger partial charge < -0.3 is 4.84 Å². The molecule has 1 N–H and O–H groups in total. The van der Waals surface area contributed by atoms with Crippen molar-refractivity contribution in [3.8, 4) is 0 Å². The van der Waals surface area contributed by atoms with E-state index in [1.807, 2.05) is 0 Å². The Morgan fingerprint density at radius 2 is 1.62 bits per heavy atom. The Bertz CT molecular complexity index is 734. The molecule has 8 heteroatoms. The van der Waals surface area contributed by atoms with E-state index in [0.29, 0.717) is 5.56 Å². The molecule has 4 nitrogen and oxygen atoms in total. The van der Waals surface area contributed by atoms with Crippen molar-refractivity contribution in [2.75, 3.05) is 0 Å². The van der Waals surface area contributed by atoms with E-state index in [4.69, 9.17) is 4.84 Å². The topological polar surface area (TPSA) is 55.4 Å². The molecule has 0 bridgehead atoms. The third kappa shape index (κ3) is 6.25. The number of alkyl halides is 3. The molecule has 0 aliphatic heterocycles. The van der Waals surface area contributed by atoms with Crippen LogP contribution in [0.15, 0.2) is 54.6 Å². The monoisotopic (exact) mass is 359 g/mol. The molecule has 0 radical (unpaired) electrons. The number of carbonyl (C=O) groups is 2. The van der Waals surface area contributed by atoms with Crippen LogP contribution in [0.4, 0.5) is 13.2 Å². The van der Waals surface area contributed by atoms with Crippen LogP contribution in [0.1, 0.15) is 28.4 Å². The molecule has 0 saturated carbocycles. The van der Waals surface area contributed by atoms with Crippen LogP contribution in [0.25, 0.3) is 0 Å². The number of hydrogen-bond donors (Lipinski definition) is 1. The molecule has 134 valence electrons. The standard InChI is InChI=1S/C18H16F3NO3.Li.H/c1-12(11-13-7-9-15(10-8-13)18(19,20)21)16(23)22-25-17(24)14-5-3-2-4-6-14;;/h2-10,12H,11H2,1H3,(H,22,23);;. The fourth-order valence-corrected chi connectivity index (χ4v) is 2.11. The molecule has 2 aromatic rings. The van der Waals surface area contributed by atoms with Crippen molar-refractivity contribution in [1.82, 2.24) is 5.48 Å². The fraction of sp³-hybridized carbons (Fsp3) is 0.222. The minimum absolute atomic E-state index is 0. The van der Waals surface area contributed by atoms with Gasteiger partial charge in [-0.15, -0.1) is 0 Å². The number of carbonyl (C=O) groups excluding carboxylic acids is 2. The summed E-state index contributed by atoms with van der Waals surface area (Å²) < 4.78 is 37.5. The van der Waals surface area contributed by atoms with Crippen LogP contribution in [-0.4, -0.2) is 30.7 Å². The van der Waals surface area contributed by atoms with Crippen molar-refractivity contribution >= 4 is 30.7 Å². The van der Waals surface area contributed by atoms with Gasteiger partial charge in [-0.25, -0.2) is 4.79 Å². The third-order valence-corrected chi connectivity index (χ3v) is 3.52. The van der Waals surface area contributed by atoms with E-state index >= 15 is 0 Å². The second kappa shape index (κ2) is 9.46. The number of hydrogen-bond acceptors (Lipinski definition) is 3. The summed E-state index contributed by atoms with van der Waals surface area (Å²) >= 11 is 0. The van der Waals surface area contributed by atoms with E-state index in [1.165, 1.54) is 12.1 Å². The number of nitrogens with one attached hydrogen (secondary N) is 1. The van der Waals surface area contributed by atoms with Gasteiger partial charge in [0.1, 0.15) is 0 Å². The average Bonchev–Trinajstić information content (AvgIpc) is 2.59. The van der Waals surface area contributed by atoms with Crippen LogP contribution in [0.2, 0.25) is 0 Å². The second-order valence-corrected chi connectivity index (χ2v) is 5.52. The quantitative estimate of drug-likeness (QED) is 0.674. The third-order valence-electron chi connectivity index (χ3n) is 3.52. The summed E-state index contributed by atoms with van der Waals surface area (Å²) in [5, 5.41) is 0. The molecule has 0 aromatic heterocycles. The first kappa shape index (κ1) is 21.8. The number of hydroxylamine groups is 1. The first-order valence-corrected chi connectivity index (χ1v) is 7.49. The van der Waals surface area contributed by atoms with Gasteiger partial charge in [-0.3, -0.25) is 4.79 Å².